The molecule has 1 aromatic heterocycles. The molecule has 1 atom stereocenters. The fraction of sp³-hybridized carbons (Fsp3) is 0.714. The van der Waals surface area contributed by atoms with Crippen LogP contribution in [-0.2, 0) is 0 Å². The van der Waals surface area contributed by atoms with E-state index in [2.05, 4.69) is 19.9 Å². The maximum Gasteiger partial charge on any atom is 0.0421 e. The molecule has 0 amide bonds. The highest BCUT2D eigenvalue weighted by Crippen LogP contribution is 2.36. The first kappa shape index (κ1) is 12.1. The molecule has 2 N–H and O–H groups in total. The van der Waals surface area contributed by atoms with E-state index in [9.17, 15) is 0 Å². The van der Waals surface area contributed by atoms with Crippen LogP contribution in [0.5, 0.6) is 0 Å². The topological polar surface area (TPSA) is 26.0 Å². The van der Waals surface area contributed by atoms with Gasteiger partial charge in [-0.3, -0.25) is 0 Å². The Morgan fingerprint density at radius 3 is 2.31 bits per heavy atom. The highest BCUT2D eigenvalue weighted by atomic mass is 32.1. The minimum atomic E-state index is 0.289. The molecule has 0 aliphatic heterocycles. The molecule has 0 aromatic carbocycles. The van der Waals surface area contributed by atoms with E-state index in [4.69, 9.17) is 5.73 Å². The summed E-state index contributed by atoms with van der Waals surface area (Å²) in [7, 11) is 0. The van der Waals surface area contributed by atoms with E-state index >= 15 is 0 Å². The normalized spacial score (nSPS) is 20.7. The average Bonchev–Trinajstić information content (AvgIpc) is 2.49. The van der Waals surface area contributed by atoms with Gasteiger partial charge in [0.15, 0.2) is 0 Å². The summed E-state index contributed by atoms with van der Waals surface area (Å²) in [5.74, 6) is 0.722. The molecule has 16 heavy (non-hydrogen) atoms. The van der Waals surface area contributed by atoms with Crippen molar-refractivity contribution in [3.05, 3.63) is 21.4 Å². The van der Waals surface area contributed by atoms with Gasteiger partial charge in [0.05, 0.1) is 0 Å². The lowest BCUT2D eigenvalue weighted by molar-refractivity contribution is 0.385. The van der Waals surface area contributed by atoms with Gasteiger partial charge < -0.3 is 5.73 Å². The van der Waals surface area contributed by atoms with E-state index < -0.39 is 0 Å². The van der Waals surface area contributed by atoms with Gasteiger partial charge in [-0.15, -0.1) is 11.3 Å². The van der Waals surface area contributed by atoms with Crippen molar-refractivity contribution in [2.45, 2.75) is 58.4 Å². The van der Waals surface area contributed by atoms with Crippen molar-refractivity contribution in [2.24, 2.45) is 11.7 Å². The molecule has 1 fully saturated rings. The molecule has 2 rings (SSSR count). The standard InChI is InChI=1S/C14H23NS/c1-10-9-11(2)16-14(10)13(15)12-7-5-3-4-6-8-12/h9,12-13H,3-8,15H2,1-2H3. The third-order valence-corrected chi connectivity index (χ3v) is 5.04. The Balaban J connectivity index is 2.10. The van der Waals surface area contributed by atoms with Crippen LogP contribution in [0.15, 0.2) is 6.07 Å². The minimum absolute atomic E-state index is 0.289. The molecule has 1 unspecified atom stereocenters. The molecule has 0 saturated heterocycles. The summed E-state index contributed by atoms with van der Waals surface area (Å²) in [5.41, 5.74) is 7.87. The third kappa shape index (κ3) is 2.67. The van der Waals surface area contributed by atoms with Crippen molar-refractivity contribution in [1.29, 1.82) is 0 Å². The Kier molecular flexibility index (Phi) is 4.04. The molecule has 0 radical (unpaired) electrons. The molecule has 1 aliphatic rings. The van der Waals surface area contributed by atoms with Gasteiger partial charge >= 0.3 is 0 Å². The van der Waals surface area contributed by atoms with E-state index in [-0.39, 0.29) is 6.04 Å². The summed E-state index contributed by atoms with van der Waals surface area (Å²) in [6.45, 7) is 4.39. The van der Waals surface area contributed by atoms with Crippen LogP contribution < -0.4 is 5.73 Å². The molecule has 1 nitrogen and oxygen atoms in total. The Hall–Kier alpha value is -0.340. The lowest BCUT2D eigenvalue weighted by Crippen LogP contribution is -2.20. The van der Waals surface area contributed by atoms with Gasteiger partial charge in [0.25, 0.3) is 0 Å². The van der Waals surface area contributed by atoms with Crippen LogP contribution in [0.2, 0.25) is 0 Å². The Labute approximate surface area is 103 Å². The van der Waals surface area contributed by atoms with Crippen LogP contribution in [0.25, 0.3) is 0 Å². The molecule has 1 heterocycles. The Bertz CT molecular complexity index is 335. The quantitative estimate of drug-likeness (QED) is 0.761. The van der Waals surface area contributed by atoms with Gasteiger partial charge in [-0.2, -0.15) is 0 Å². The van der Waals surface area contributed by atoms with Crippen molar-refractivity contribution in [3.63, 3.8) is 0 Å². The molecule has 0 bridgehead atoms. The first-order chi connectivity index (χ1) is 7.68. The van der Waals surface area contributed by atoms with Gasteiger partial charge in [-0.25, -0.2) is 0 Å². The lowest BCUT2D eigenvalue weighted by Gasteiger charge is -2.22. The molecule has 90 valence electrons. The molecule has 1 saturated carbocycles. The predicted molar refractivity (Wildman–Crippen MR) is 71.9 cm³/mol. The summed E-state index contributed by atoms with van der Waals surface area (Å²) in [6.07, 6.45) is 8.23. The molecule has 0 spiro atoms. The van der Waals surface area contributed by atoms with Crippen LogP contribution in [-0.4, -0.2) is 0 Å². The largest absolute Gasteiger partial charge is 0.323 e. The number of aryl methyl sites for hydroxylation is 2. The van der Waals surface area contributed by atoms with E-state index in [0.717, 1.165) is 5.92 Å². The van der Waals surface area contributed by atoms with Gasteiger partial charge in [-0.1, -0.05) is 25.7 Å². The zero-order valence-electron chi connectivity index (χ0n) is 10.5. The average molecular weight is 237 g/mol. The van der Waals surface area contributed by atoms with Gasteiger partial charge in [-0.05, 0) is 44.2 Å². The highest BCUT2D eigenvalue weighted by molar-refractivity contribution is 7.12. The highest BCUT2D eigenvalue weighted by Gasteiger charge is 2.23. The van der Waals surface area contributed by atoms with Crippen LogP contribution in [0, 0.1) is 19.8 Å². The minimum Gasteiger partial charge on any atom is -0.323 e. The molecule has 1 aromatic rings. The molecule has 2 heteroatoms. The Morgan fingerprint density at radius 2 is 1.81 bits per heavy atom. The second-order valence-electron chi connectivity index (χ2n) is 5.18. The maximum absolute atomic E-state index is 6.46. The fourth-order valence-electron chi connectivity index (χ4n) is 2.87. The number of hydrogen-bond acceptors (Lipinski definition) is 2. The van der Waals surface area contributed by atoms with Crippen molar-refractivity contribution < 1.29 is 0 Å². The van der Waals surface area contributed by atoms with Gasteiger partial charge in [0.2, 0.25) is 0 Å². The smallest absolute Gasteiger partial charge is 0.0421 e. The van der Waals surface area contributed by atoms with Crippen molar-refractivity contribution in [2.75, 3.05) is 0 Å². The molecular formula is C14H23NS. The van der Waals surface area contributed by atoms with Crippen LogP contribution in [0.3, 0.4) is 0 Å². The van der Waals surface area contributed by atoms with E-state index in [1.807, 2.05) is 11.3 Å². The number of thiophene rings is 1. The van der Waals surface area contributed by atoms with Crippen LogP contribution in [0.1, 0.15) is 59.9 Å². The summed E-state index contributed by atoms with van der Waals surface area (Å²) >= 11 is 1.90. The van der Waals surface area contributed by atoms with Crippen molar-refractivity contribution in [3.8, 4) is 0 Å². The van der Waals surface area contributed by atoms with E-state index in [1.165, 1.54) is 53.8 Å². The summed E-state index contributed by atoms with van der Waals surface area (Å²) in [5, 5.41) is 0. The van der Waals surface area contributed by atoms with Crippen LogP contribution >= 0.6 is 11.3 Å². The zero-order valence-corrected chi connectivity index (χ0v) is 11.3. The zero-order chi connectivity index (χ0) is 11.5. The lowest BCUT2D eigenvalue weighted by atomic mass is 9.90. The molecule has 1 aliphatic carbocycles. The maximum atomic E-state index is 6.46. The SMILES string of the molecule is Cc1cc(C)c(C(N)C2CCCCCC2)s1. The number of hydrogen-bond donors (Lipinski definition) is 1. The predicted octanol–water partition coefficient (Wildman–Crippen LogP) is 4.34. The number of nitrogens with two attached hydrogens (primary N) is 1. The summed E-state index contributed by atoms with van der Waals surface area (Å²) in [6, 6.07) is 2.56. The van der Waals surface area contributed by atoms with Gasteiger partial charge in [0, 0.05) is 15.8 Å². The monoisotopic (exact) mass is 237 g/mol. The van der Waals surface area contributed by atoms with Gasteiger partial charge in [0.1, 0.15) is 0 Å². The van der Waals surface area contributed by atoms with E-state index in [1.54, 1.807) is 0 Å². The number of rotatable bonds is 2. The third-order valence-electron chi connectivity index (χ3n) is 3.79. The summed E-state index contributed by atoms with van der Waals surface area (Å²) < 4.78 is 0. The van der Waals surface area contributed by atoms with E-state index in [0.29, 0.717) is 0 Å². The Morgan fingerprint density at radius 1 is 1.19 bits per heavy atom. The van der Waals surface area contributed by atoms with Crippen molar-refractivity contribution in [1.82, 2.24) is 0 Å². The summed E-state index contributed by atoms with van der Waals surface area (Å²) in [4.78, 5) is 2.83. The first-order valence-electron chi connectivity index (χ1n) is 6.51. The first-order valence-corrected chi connectivity index (χ1v) is 7.32. The second-order valence-corrected chi connectivity index (χ2v) is 6.47. The van der Waals surface area contributed by atoms with Crippen molar-refractivity contribution >= 4 is 11.3 Å². The second kappa shape index (κ2) is 5.33. The molecular weight excluding hydrogens is 214 g/mol. The van der Waals surface area contributed by atoms with Crippen LogP contribution in [0.4, 0.5) is 0 Å². The fourth-order valence-corrected chi connectivity index (χ4v) is 4.01.